The van der Waals surface area contributed by atoms with E-state index in [1.165, 1.54) is 11.9 Å². The van der Waals surface area contributed by atoms with E-state index >= 15 is 0 Å². The first kappa shape index (κ1) is 28.8. The highest BCUT2D eigenvalue weighted by molar-refractivity contribution is 6.07. The van der Waals surface area contributed by atoms with Crippen LogP contribution in [0, 0.1) is 17.7 Å². The highest BCUT2D eigenvalue weighted by atomic mass is 19.4. The Morgan fingerprint density at radius 3 is 2.31 bits per heavy atom. The molecule has 3 aliphatic rings. The summed E-state index contributed by atoms with van der Waals surface area (Å²) in [7, 11) is 1.41. The predicted molar refractivity (Wildman–Crippen MR) is 130 cm³/mol. The molecule has 9 nitrogen and oxygen atoms in total. The van der Waals surface area contributed by atoms with E-state index in [4.69, 9.17) is 0 Å². The van der Waals surface area contributed by atoms with Crippen molar-refractivity contribution in [3.8, 4) is 0 Å². The van der Waals surface area contributed by atoms with Crippen LogP contribution in [-0.2, 0) is 15.8 Å². The van der Waals surface area contributed by atoms with E-state index in [0.29, 0.717) is 37.6 Å². The van der Waals surface area contributed by atoms with Crippen LogP contribution in [0.1, 0.15) is 55.5 Å². The van der Waals surface area contributed by atoms with E-state index in [0.717, 1.165) is 4.90 Å². The summed E-state index contributed by atoms with van der Waals surface area (Å²) in [6, 6.07) is -0.0789. The quantitative estimate of drug-likeness (QED) is 0.414. The van der Waals surface area contributed by atoms with Gasteiger partial charge in [-0.15, -0.1) is 0 Å². The third kappa shape index (κ3) is 5.32. The number of likely N-dealkylation sites (N-methyl/N-ethyl adjacent to an activating group) is 1. The van der Waals surface area contributed by atoms with Crippen LogP contribution in [0.3, 0.4) is 0 Å². The van der Waals surface area contributed by atoms with Gasteiger partial charge in [0.05, 0.1) is 17.2 Å². The zero-order valence-electron chi connectivity index (χ0n) is 21.9. The largest absolute Gasteiger partial charge is 0.416 e. The molecule has 13 heteroatoms. The molecule has 3 fully saturated rings. The van der Waals surface area contributed by atoms with E-state index in [2.05, 4.69) is 5.32 Å². The van der Waals surface area contributed by atoms with Crippen LogP contribution in [0.15, 0.2) is 18.2 Å². The lowest BCUT2D eigenvalue weighted by atomic mass is 9.79. The van der Waals surface area contributed by atoms with Crippen molar-refractivity contribution in [3.05, 3.63) is 35.1 Å². The number of hydrogen-bond acceptors (Lipinski definition) is 5. The molecule has 0 bridgehead atoms. The monoisotopic (exact) mass is 556 g/mol. The highest BCUT2D eigenvalue weighted by Gasteiger charge is 2.58. The Kier molecular flexibility index (Phi) is 7.67. The molecule has 1 aliphatic carbocycles. The zero-order chi connectivity index (χ0) is 28.9. The first-order valence-corrected chi connectivity index (χ1v) is 12.9. The van der Waals surface area contributed by atoms with Crippen LogP contribution in [0.4, 0.5) is 22.4 Å². The summed E-state index contributed by atoms with van der Waals surface area (Å²) in [5.41, 5.74) is -3.12. The van der Waals surface area contributed by atoms with E-state index in [9.17, 15) is 41.8 Å². The molecule has 2 saturated heterocycles. The fourth-order valence-corrected chi connectivity index (χ4v) is 5.62. The van der Waals surface area contributed by atoms with Crippen molar-refractivity contribution in [1.29, 1.82) is 0 Å². The number of hydrogen-bond donors (Lipinski definition) is 2. The summed E-state index contributed by atoms with van der Waals surface area (Å²) in [4.78, 5) is 56.3. The van der Waals surface area contributed by atoms with Crippen LogP contribution in [-0.4, -0.2) is 87.9 Å². The Hall–Kier alpha value is -3.22. The van der Waals surface area contributed by atoms with Crippen LogP contribution < -0.4 is 5.32 Å². The Morgan fingerprint density at radius 2 is 1.77 bits per heavy atom. The Bertz CT molecular complexity index is 1160. The lowest BCUT2D eigenvalue weighted by Gasteiger charge is -2.45. The maximum absolute atomic E-state index is 14.3. The molecule has 2 N–H and O–H groups in total. The molecule has 0 unspecified atom stereocenters. The van der Waals surface area contributed by atoms with Gasteiger partial charge in [0.1, 0.15) is 17.4 Å². The van der Waals surface area contributed by atoms with Crippen molar-refractivity contribution in [2.45, 2.75) is 63.4 Å². The normalized spacial score (nSPS) is 23.9. The van der Waals surface area contributed by atoms with Gasteiger partial charge in [0.25, 0.3) is 11.8 Å². The number of nitrogens with one attached hydrogen (secondary N) is 1. The minimum atomic E-state index is -4.78. The van der Waals surface area contributed by atoms with E-state index in [1.54, 1.807) is 18.7 Å². The third-order valence-electron chi connectivity index (χ3n) is 8.05. The second kappa shape index (κ2) is 10.4. The number of alkyl halides is 3. The molecule has 39 heavy (non-hydrogen) atoms. The van der Waals surface area contributed by atoms with Gasteiger partial charge in [-0.25, -0.2) is 9.18 Å². The van der Waals surface area contributed by atoms with Crippen LogP contribution in [0.25, 0.3) is 0 Å². The van der Waals surface area contributed by atoms with Gasteiger partial charge < -0.3 is 20.2 Å². The van der Waals surface area contributed by atoms with E-state index < -0.39 is 64.6 Å². The maximum Gasteiger partial charge on any atom is 0.416 e. The molecule has 0 radical (unpaired) electrons. The molecule has 2 aliphatic heterocycles. The number of imide groups is 1. The van der Waals surface area contributed by atoms with Crippen molar-refractivity contribution in [3.63, 3.8) is 0 Å². The molecule has 2 heterocycles. The SMILES string of the molecule is CC(C)[C@@H](NC(=O)c1cc(C(F)(F)F)ccc1F)C(=O)N1CCC2(CC1)C(=O)N(C)C(=O)N2CC1CC(O)C1. The minimum Gasteiger partial charge on any atom is -0.393 e. The lowest BCUT2D eigenvalue weighted by molar-refractivity contribution is -0.142. The van der Waals surface area contributed by atoms with Gasteiger partial charge in [0.2, 0.25) is 5.91 Å². The predicted octanol–water partition coefficient (Wildman–Crippen LogP) is 2.63. The number of aliphatic hydroxyl groups excluding tert-OH is 1. The maximum atomic E-state index is 14.3. The molecule has 4 rings (SSSR count). The molecular weight excluding hydrogens is 524 g/mol. The van der Waals surface area contributed by atoms with Gasteiger partial charge in [-0.2, -0.15) is 13.2 Å². The number of urea groups is 1. The van der Waals surface area contributed by atoms with Crippen LogP contribution in [0.5, 0.6) is 0 Å². The molecule has 1 spiro atoms. The summed E-state index contributed by atoms with van der Waals surface area (Å²) < 4.78 is 53.5. The first-order chi connectivity index (χ1) is 18.2. The fourth-order valence-electron chi connectivity index (χ4n) is 5.62. The van der Waals surface area contributed by atoms with Gasteiger partial charge >= 0.3 is 12.2 Å². The number of benzene rings is 1. The first-order valence-electron chi connectivity index (χ1n) is 12.9. The second-order valence-electron chi connectivity index (χ2n) is 11.0. The standard InChI is InChI=1S/C26H32F4N4O5/c1-14(2)20(31-21(36)18-12-16(26(28,29)30)4-5-19(18)27)22(37)33-8-6-25(7-9-33)23(38)32(3)24(39)34(25)13-15-10-17(35)11-15/h4-5,12,14-15,17,20,35H,6-11,13H2,1-3H3,(H,31,36)/t15?,17?,20-/m1/s1. The summed E-state index contributed by atoms with van der Waals surface area (Å²) in [6.45, 7) is 3.81. The number of rotatable bonds is 6. The second-order valence-corrected chi connectivity index (χ2v) is 11.0. The number of nitrogens with zero attached hydrogens (tertiary/aromatic N) is 3. The number of piperidine rings is 1. The number of halogens is 4. The lowest BCUT2D eigenvalue weighted by Crippen LogP contribution is -2.61. The van der Waals surface area contributed by atoms with Crippen molar-refractivity contribution in [2.24, 2.45) is 11.8 Å². The Balaban J connectivity index is 1.47. The molecule has 1 saturated carbocycles. The summed E-state index contributed by atoms with van der Waals surface area (Å²) in [5, 5.41) is 12.0. The van der Waals surface area contributed by atoms with Crippen molar-refractivity contribution in [2.75, 3.05) is 26.7 Å². The average Bonchev–Trinajstić information content (AvgIpc) is 3.01. The highest BCUT2D eigenvalue weighted by Crippen LogP contribution is 2.40. The van der Waals surface area contributed by atoms with Gasteiger partial charge in [-0.05, 0) is 55.7 Å². The van der Waals surface area contributed by atoms with E-state index in [1.807, 2.05) is 0 Å². The molecule has 1 aromatic rings. The van der Waals surface area contributed by atoms with Crippen LogP contribution >= 0.6 is 0 Å². The molecule has 214 valence electrons. The Labute approximate surface area is 223 Å². The van der Waals surface area contributed by atoms with Crippen molar-refractivity contribution in [1.82, 2.24) is 20.0 Å². The molecular formula is C26H32F4N4O5. The van der Waals surface area contributed by atoms with Gasteiger partial charge in [-0.1, -0.05) is 13.8 Å². The number of aliphatic hydroxyl groups is 1. The van der Waals surface area contributed by atoms with Crippen molar-refractivity contribution < 1.29 is 41.8 Å². The topological polar surface area (TPSA) is 110 Å². The minimum absolute atomic E-state index is 0.0802. The zero-order valence-corrected chi connectivity index (χ0v) is 21.9. The van der Waals surface area contributed by atoms with Gasteiger partial charge in [-0.3, -0.25) is 19.3 Å². The molecule has 0 aromatic heterocycles. The number of carbonyl (C=O) groups excluding carboxylic acids is 4. The average molecular weight is 557 g/mol. The number of carbonyl (C=O) groups is 4. The molecule has 1 aromatic carbocycles. The summed E-state index contributed by atoms with van der Waals surface area (Å²) in [5.74, 6) is -3.56. The smallest absolute Gasteiger partial charge is 0.393 e. The fraction of sp³-hybridized carbons (Fsp3) is 0.615. The number of likely N-dealkylation sites (tertiary alicyclic amines) is 1. The molecule has 1 atom stereocenters. The van der Waals surface area contributed by atoms with Gasteiger partial charge in [0, 0.05) is 26.7 Å². The van der Waals surface area contributed by atoms with Gasteiger partial charge in [0.15, 0.2) is 0 Å². The van der Waals surface area contributed by atoms with E-state index in [-0.39, 0.29) is 37.8 Å². The number of amides is 5. The Morgan fingerprint density at radius 1 is 1.15 bits per heavy atom. The molecule has 5 amide bonds. The van der Waals surface area contributed by atoms with Crippen LogP contribution in [0.2, 0.25) is 0 Å². The summed E-state index contributed by atoms with van der Waals surface area (Å²) >= 11 is 0. The third-order valence-corrected chi connectivity index (χ3v) is 8.05. The summed E-state index contributed by atoms with van der Waals surface area (Å²) in [6.07, 6.45) is -3.76. The van der Waals surface area contributed by atoms with Crippen molar-refractivity contribution >= 4 is 23.8 Å².